The highest BCUT2D eigenvalue weighted by Gasteiger charge is 2.10. The van der Waals surface area contributed by atoms with Crippen molar-refractivity contribution in [3.05, 3.63) is 49.9 Å². The van der Waals surface area contributed by atoms with Crippen LogP contribution in [-0.2, 0) is 13.0 Å². The lowest BCUT2D eigenvalue weighted by atomic mass is 10.1. The Balaban J connectivity index is 1.98. The van der Waals surface area contributed by atoms with Gasteiger partial charge in [0, 0.05) is 33.7 Å². The number of hydrogen-bond acceptors (Lipinski definition) is 3. The Labute approximate surface area is 127 Å². The van der Waals surface area contributed by atoms with Crippen molar-refractivity contribution in [2.45, 2.75) is 32.9 Å². The molecule has 2 nitrogen and oxygen atoms in total. The Morgan fingerprint density at radius 3 is 2.79 bits per heavy atom. The van der Waals surface area contributed by atoms with Crippen molar-refractivity contribution in [2.75, 3.05) is 0 Å². The number of nitrogens with zero attached hydrogens (tertiary/aromatic N) is 1. The largest absolute Gasteiger partial charge is 0.304 e. The van der Waals surface area contributed by atoms with E-state index in [1.807, 2.05) is 18.3 Å². The minimum atomic E-state index is 0.166. The van der Waals surface area contributed by atoms with E-state index in [2.05, 4.69) is 24.1 Å². The van der Waals surface area contributed by atoms with Crippen molar-refractivity contribution in [1.29, 1.82) is 0 Å². The first kappa shape index (κ1) is 14.8. The smallest absolute Gasteiger partial charge is 0.107 e. The summed E-state index contributed by atoms with van der Waals surface area (Å²) in [6.45, 7) is 4.98. The molecule has 1 atom stereocenters. The maximum absolute atomic E-state index is 6.20. The van der Waals surface area contributed by atoms with Crippen LogP contribution in [0.3, 0.4) is 0 Å². The highest BCUT2D eigenvalue weighted by molar-refractivity contribution is 7.11. The molecule has 0 saturated heterocycles. The zero-order chi connectivity index (χ0) is 13.8. The lowest BCUT2D eigenvalue weighted by Gasteiger charge is -2.15. The van der Waals surface area contributed by atoms with E-state index < -0.39 is 0 Å². The van der Waals surface area contributed by atoms with Crippen molar-refractivity contribution in [3.63, 3.8) is 0 Å². The number of halogens is 2. The van der Waals surface area contributed by atoms with Gasteiger partial charge in [-0.2, -0.15) is 0 Å². The van der Waals surface area contributed by atoms with E-state index in [0.717, 1.165) is 23.5 Å². The van der Waals surface area contributed by atoms with E-state index in [4.69, 9.17) is 23.2 Å². The number of aromatic nitrogens is 1. The fourth-order valence-corrected chi connectivity index (χ4v) is 3.18. The first-order valence-electron chi connectivity index (χ1n) is 6.22. The number of nitrogens with one attached hydrogen (secondary N) is 1. The van der Waals surface area contributed by atoms with Gasteiger partial charge >= 0.3 is 0 Å². The number of thiazole rings is 1. The molecule has 1 aromatic carbocycles. The molecule has 0 saturated carbocycles. The van der Waals surface area contributed by atoms with E-state index in [0.29, 0.717) is 10.0 Å². The van der Waals surface area contributed by atoms with Crippen molar-refractivity contribution in [1.82, 2.24) is 10.3 Å². The monoisotopic (exact) mass is 314 g/mol. The van der Waals surface area contributed by atoms with Crippen LogP contribution in [0.5, 0.6) is 0 Å². The minimum Gasteiger partial charge on any atom is -0.304 e. The van der Waals surface area contributed by atoms with Crippen molar-refractivity contribution < 1.29 is 0 Å². The molecule has 0 fully saturated rings. The summed E-state index contributed by atoms with van der Waals surface area (Å²) in [5.74, 6) is 0. The minimum absolute atomic E-state index is 0.166. The summed E-state index contributed by atoms with van der Waals surface area (Å²) in [6.07, 6.45) is 2.98. The molecule has 102 valence electrons. The third-order valence-corrected chi connectivity index (χ3v) is 4.64. The fourth-order valence-electron chi connectivity index (χ4n) is 1.80. The van der Waals surface area contributed by atoms with Crippen LogP contribution in [0.4, 0.5) is 0 Å². The van der Waals surface area contributed by atoms with Crippen LogP contribution >= 0.6 is 34.5 Å². The normalized spacial score (nSPS) is 12.6. The highest BCUT2D eigenvalue weighted by Crippen LogP contribution is 2.26. The van der Waals surface area contributed by atoms with Crippen LogP contribution < -0.4 is 5.32 Å². The summed E-state index contributed by atoms with van der Waals surface area (Å²) in [7, 11) is 0. The third kappa shape index (κ3) is 3.93. The molecule has 0 spiro atoms. The molecule has 0 aliphatic heterocycles. The SMILES string of the molecule is CCc1cnc(CNC(C)c2ccc(Cl)cc2Cl)s1. The van der Waals surface area contributed by atoms with Crippen molar-refractivity contribution in [3.8, 4) is 0 Å². The Hall–Kier alpha value is -0.610. The summed E-state index contributed by atoms with van der Waals surface area (Å²) in [6, 6.07) is 5.76. The number of benzene rings is 1. The molecule has 0 amide bonds. The number of rotatable bonds is 5. The van der Waals surface area contributed by atoms with Crippen LogP contribution in [-0.4, -0.2) is 4.98 Å². The van der Waals surface area contributed by atoms with Gasteiger partial charge in [0.2, 0.25) is 0 Å². The van der Waals surface area contributed by atoms with Crippen LogP contribution in [0.15, 0.2) is 24.4 Å². The Morgan fingerprint density at radius 2 is 2.16 bits per heavy atom. The molecule has 1 heterocycles. The van der Waals surface area contributed by atoms with Crippen LogP contribution in [0.1, 0.15) is 35.3 Å². The lowest BCUT2D eigenvalue weighted by Crippen LogP contribution is -2.18. The standard InChI is InChI=1S/C14H16Cl2N2S/c1-3-11-7-18-14(19-11)8-17-9(2)12-5-4-10(15)6-13(12)16/h4-7,9,17H,3,8H2,1-2H3. The Bertz CT molecular complexity index is 554. The predicted octanol–water partition coefficient (Wildman–Crippen LogP) is 4.86. The van der Waals surface area contributed by atoms with Crippen molar-refractivity contribution >= 4 is 34.5 Å². The van der Waals surface area contributed by atoms with Gasteiger partial charge < -0.3 is 5.32 Å². The second kappa shape index (κ2) is 6.71. The summed E-state index contributed by atoms with van der Waals surface area (Å²) >= 11 is 13.8. The molecule has 19 heavy (non-hydrogen) atoms. The molecule has 5 heteroatoms. The fraction of sp³-hybridized carbons (Fsp3) is 0.357. The summed E-state index contributed by atoms with van der Waals surface area (Å²) in [5.41, 5.74) is 1.05. The zero-order valence-electron chi connectivity index (χ0n) is 10.9. The number of hydrogen-bond donors (Lipinski definition) is 1. The maximum atomic E-state index is 6.20. The molecule has 1 aromatic heterocycles. The van der Waals surface area contributed by atoms with Gasteiger partial charge in [-0.15, -0.1) is 11.3 Å². The van der Waals surface area contributed by atoms with Gasteiger partial charge in [-0.05, 0) is 31.0 Å². The van der Waals surface area contributed by atoms with Gasteiger partial charge in [-0.3, -0.25) is 0 Å². The van der Waals surface area contributed by atoms with Gasteiger partial charge in [0.1, 0.15) is 5.01 Å². The van der Waals surface area contributed by atoms with Gasteiger partial charge in [-0.1, -0.05) is 36.2 Å². The second-order valence-electron chi connectivity index (χ2n) is 4.34. The van der Waals surface area contributed by atoms with E-state index in [9.17, 15) is 0 Å². The average Bonchev–Trinajstić information content (AvgIpc) is 2.84. The quantitative estimate of drug-likeness (QED) is 0.852. The molecule has 0 radical (unpaired) electrons. The second-order valence-corrected chi connectivity index (χ2v) is 6.39. The molecule has 1 unspecified atom stereocenters. The molecule has 1 N–H and O–H groups in total. The Kier molecular flexibility index (Phi) is 5.22. The van der Waals surface area contributed by atoms with Crippen LogP contribution in [0.25, 0.3) is 0 Å². The molecule has 0 bridgehead atoms. The molecule has 0 aliphatic rings. The first-order chi connectivity index (χ1) is 9.10. The maximum Gasteiger partial charge on any atom is 0.107 e. The van der Waals surface area contributed by atoms with Crippen molar-refractivity contribution in [2.24, 2.45) is 0 Å². The van der Waals surface area contributed by atoms with E-state index in [1.165, 1.54) is 4.88 Å². The van der Waals surface area contributed by atoms with Gasteiger partial charge in [0.25, 0.3) is 0 Å². The summed E-state index contributed by atoms with van der Waals surface area (Å²) in [4.78, 5) is 5.70. The summed E-state index contributed by atoms with van der Waals surface area (Å²) < 4.78 is 0. The molecular formula is C14H16Cl2N2S. The number of aryl methyl sites for hydroxylation is 1. The lowest BCUT2D eigenvalue weighted by molar-refractivity contribution is 0.573. The zero-order valence-corrected chi connectivity index (χ0v) is 13.2. The van der Waals surface area contributed by atoms with Gasteiger partial charge in [-0.25, -0.2) is 4.98 Å². The Morgan fingerprint density at radius 1 is 1.37 bits per heavy atom. The van der Waals surface area contributed by atoms with Crippen LogP contribution in [0.2, 0.25) is 10.0 Å². The van der Waals surface area contributed by atoms with E-state index in [-0.39, 0.29) is 6.04 Å². The van der Waals surface area contributed by atoms with Crippen LogP contribution in [0, 0.1) is 0 Å². The average molecular weight is 315 g/mol. The molecule has 2 aromatic rings. The van der Waals surface area contributed by atoms with E-state index >= 15 is 0 Å². The van der Waals surface area contributed by atoms with E-state index in [1.54, 1.807) is 17.4 Å². The van der Waals surface area contributed by atoms with Gasteiger partial charge in [0.15, 0.2) is 0 Å². The van der Waals surface area contributed by atoms with Gasteiger partial charge in [0.05, 0.1) is 0 Å². The topological polar surface area (TPSA) is 24.9 Å². The first-order valence-corrected chi connectivity index (χ1v) is 7.79. The highest BCUT2D eigenvalue weighted by atomic mass is 35.5. The molecule has 0 aliphatic carbocycles. The molecule has 2 rings (SSSR count). The third-order valence-electron chi connectivity index (χ3n) is 2.94. The predicted molar refractivity (Wildman–Crippen MR) is 83.2 cm³/mol. The molecular weight excluding hydrogens is 299 g/mol. The summed E-state index contributed by atoms with van der Waals surface area (Å²) in [5, 5.41) is 5.89.